The summed E-state index contributed by atoms with van der Waals surface area (Å²) >= 11 is 0. The van der Waals surface area contributed by atoms with Gasteiger partial charge in [-0.3, -0.25) is 4.98 Å². The summed E-state index contributed by atoms with van der Waals surface area (Å²) in [5, 5.41) is 0. The maximum absolute atomic E-state index is 12.7. The second kappa shape index (κ2) is 10.5. The number of H-pyrrole nitrogens is 2. The molecule has 2 N–H and O–H groups in total. The maximum atomic E-state index is 12.7. The van der Waals surface area contributed by atoms with Crippen molar-refractivity contribution in [3.05, 3.63) is 75.1 Å². The summed E-state index contributed by atoms with van der Waals surface area (Å²) in [6.45, 7) is 12.2. The van der Waals surface area contributed by atoms with Gasteiger partial charge in [-0.15, -0.1) is 0 Å². The van der Waals surface area contributed by atoms with Crippen LogP contribution in [0, 0.1) is 13.8 Å². The van der Waals surface area contributed by atoms with Crippen LogP contribution < -0.4 is 0 Å². The molecule has 0 aliphatic rings. The van der Waals surface area contributed by atoms with E-state index in [0.717, 1.165) is 52.0 Å². The molecule has 3 rings (SSSR count). The van der Waals surface area contributed by atoms with Crippen LogP contribution in [-0.2, 0) is 22.3 Å². The lowest BCUT2D eigenvalue weighted by molar-refractivity contribution is 0.0510. The van der Waals surface area contributed by atoms with E-state index in [1.54, 1.807) is 26.2 Å². The van der Waals surface area contributed by atoms with Gasteiger partial charge in [-0.05, 0) is 80.5 Å². The first-order valence-corrected chi connectivity index (χ1v) is 11.6. The molecule has 0 atom stereocenters. The SMILES string of the molecule is CCOC(=O)c1[nH]c(C(c2ccncc2)c2[nH]c(C(=O)OCC)c(C)c2CC)c(CC)c1C. The molecule has 0 unspecified atom stereocenters. The Balaban J connectivity index is 2.29. The summed E-state index contributed by atoms with van der Waals surface area (Å²) < 4.78 is 10.6. The highest BCUT2D eigenvalue weighted by molar-refractivity contribution is 5.91. The van der Waals surface area contributed by atoms with Gasteiger partial charge in [0.2, 0.25) is 0 Å². The van der Waals surface area contributed by atoms with E-state index in [2.05, 4.69) is 28.8 Å². The van der Waals surface area contributed by atoms with Crippen LogP contribution in [0.15, 0.2) is 24.5 Å². The van der Waals surface area contributed by atoms with Crippen molar-refractivity contribution in [1.82, 2.24) is 15.0 Å². The maximum Gasteiger partial charge on any atom is 0.355 e. The lowest BCUT2D eigenvalue weighted by Crippen LogP contribution is -2.11. The van der Waals surface area contributed by atoms with Gasteiger partial charge in [0, 0.05) is 23.8 Å². The number of aromatic amines is 2. The molecule has 0 fully saturated rings. The van der Waals surface area contributed by atoms with Gasteiger partial charge >= 0.3 is 11.9 Å². The first kappa shape index (κ1) is 24.3. The van der Waals surface area contributed by atoms with Gasteiger partial charge in [-0.25, -0.2) is 9.59 Å². The molecule has 0 saturated carbocycles. The number of rotatable bonds is 9. The third-order valence-corrected chi connectivity index (χ3v) is 6.11. The normalized spacial score (nSPS) is 11.1. The van der Waals surface area contributed by atoms with Gasteiger partial charge in [-0.2, -0.15) is 0 Å². The Kier molecular flexibility index (Phi) is 7.74. The number of aromatic nitrogens is 3. The minimum Gasteiger partial charge on any atom is -0.461 e. The Morgan fingerprint density at radius 1 is 0.818 bits per heavy atom. The fraction of sp³-hybridized carbons (Fsp3) is 0.423. The minimum atomic E-state index is -0.366. The van der Waals surface area contributed by atoms with Crippen molar-refractivity contribution >= 4 is 11.9 Å². The lowest BCUT2D eigenvalue weighted by atomic mass is 9.86. The van der Waals surface area contributed by atoms with Crippen LogP contribution in [0.2, 0.25) is 0 Å². The molecule has 0 amide bonds. The van der Waals surface area contributed by atoms with E-state index < -0.39 is 0 Å². The summed E-state index contributed by atoms with van der Waals surface area (Å²) in [5.41, 5.74) is 7.66. The van der Waals surface area contributed by atoms with Gasteiger partial charge in [0.1, 0.15) is 11.4 Å². The lowest BCUT2D eigenvalue weighted by Gasteiger charge is -2.19. The molecule has 0 radical (unpaired) electrons. The Morgan fingerprint density at radius 2 is 1.24 bits per heavy atom. The number of nitrogens with zero attached hydrogens (tertiary/aromatic N) is 1. The average molecular weight is 452 g/mol. The zero-order valence-electron chi connectivity index (χ0n) is 20.3. The van der Waals surface area contributed by atoms with E-state index in [4.69, 9.17) is 9.47 Å². The van der Waals surface area contributed by atoms with E-state index >= 15 is 0 Å². The zero-order chi connectivity index (χ0) is 24.1. The molecule has 7 heteroatoms. The summed E-state index contributed by atoms with van der Waals surface area (Å²) in [6, 6.07) is 3.92. The molecule has 3 aromatic heterocycles. The number of nitrogens with one attached hydrogen (secondary N) is 2. The second-order valence-electron chi connectivity index (χ2n) is 7.90. The van der Waals surface area contributed by atoms with Crippen LogP contribution in [0.3, 0.4) is 0 Å². The van der Waals surface area contributed by atoms with Gasteiger partial charge in [0.25, 0.3) is 0 Å². The number of carbonyl (C=O) groups is 2. The predicted molar refractivity (Wildman–Crippen MR) is 127 cm³/mol. The van der Waals surface area contributed by atoms with Crippen molar-refractivity contribution in [1.29, 1.82) is 0 Å². The fourth-order valence-corrected chi connectivity index (χ4v) is 4.57. The van der Waals surface area contributed by atoms with Gasteiger partial charge in [0.05, 0.1) is 19.1 Å². The highest BCUT2D eigenvalue weighted by Gasteiger charge is 2.31. The molecule has 3 heterocycles. The average Bonchev–Trinajstić information content (AvgIpc) is 3.31. The number of hydrogen-bond acceptors (Lipinski definition) is 5. The van der Waals surface area contributed by atoms with Crippen LogP contribution in [0.25, 0.3) is 0 Å². The van der Waals surface area contributed by atoms with E-state index in [1.165, 1.54) is 0 Å². The number of esters is 2. The highest BCUT2D eigenvalue weighted by Crippen LogP contribution is 2.38. The third-order valence-electron chi connectivity index (χ3n) is 6.11. The topological polar surface area (TPSA) is 97.1 Å². The third kappa shape index (κ3) is 4.58. The molecule has 0 aromatic carbocycles. The van der Waals surface area contributed by atoms with Crippen LogP contribution >= 0.6 is 0 Å². The molecule has 0 bridgehead atoms. The molecule has 0 aliphatic carbocycles. The number of hydrogen-bond donors (Lipinski definition) is 2. The number of ether oxygens (including phenoxy) is 2. The Bertz CT molecular complexity index is 1060. The molecule has 33 heavy (non-hydrogen) atoms. The molecule has 0 saturated heterocycles. The second-order valence-corrected chi connectivity index (χ2v) is 7.90. The van der Waals surface area contributed by atoms with Gasteiger partial charge < -0.3 is 19.4 Å². The highest BCUT2D eigenvalue weighted by atomic mass is 16.5. The standard InChI is InChI=1S/C26H33N3O4/c1-7-18-15(5)21(25(30)32-9-3)28-23(18)20(17-11-13-27-14-12-17)24-19(8-2)16(6)22(29-24)26(31)33-10-4/h11-14,20,28-29H,7-10H2,1-6H3. The zero-order valence-corrected chi connectivity index (χ0v) is 20.3. The van der Waals surface area contributed by atoms with Crippen LogP contribution in [0.5, 0.6) is 0 Å². The molecule has 7 nitrogen and oxygen atoms in total. The summed E-state index contributed by atoms with van der Waals surface area (Å²) in [5.74, 6) is -0.980. The van der Waals surface area contributed by atoms with Crippen molar-refractivity contribution in [2.45, 2.75) is 60.3 Å². The monoisotopic (exact) mass is 451 g/mol. The van der Waals surface area contributed by atoms with Crippen molar-refractivity contribution < 1.29 is 19.1 Å². The number of carbonyl (C=O) groups excluding carboxylic acids is 2. The van der Waals surface area contributed by atoms with E-state index in [9.17, 15) is 9.59 Å². The largest absolute Gasteiger partial charge is 0.461 e. The molecular formula is C26H33N3O4. The smallest absolute Gasteiger partial charge is 0.355 e. The Labute approximate surface area is 194 Å². The molecule has 0 spiro atoms. The van der Waals surface area contributed by atoms with Crippen molar-refractivity contribution in [2.24, 2.45) is 0 Å². The van der Waals surface area contributed by atoms with Crippen molar-refractivity contribution in [3.8, 4) is 0 Å². The quantitative estimate of drug-likeness (QED) is 0.446. The van der Waals surface area contributed by atoms with E-state index in [0.29, 0.717) is 24.6 Å². The first-order valence-electron chi connectivity index (χ1n) is 11.6. The minimum absolute atomic E-state index is 0.248. The summed E-state index contributed by atoms with van der Waals surface area (Å²) in [7, 11) is 0. The predicted octanol–water partition coefficient (Wildman–Crippen LogP) is 5.01. The molecule has 0 aliphatic heterocycles. The summed E-state index contributed by atoms with van der Waals surface area (Å²) in [6.07, 6.45) is 4.99. The van der Waals surface area contributed by atoms with Crippen LogP contribution in [0.4, 0.5) is 0 Å². The first-order chi connectivity index (χ1) is 15.9. The molecule has 176 valence electrons. The Morgan fingerprint density at radius 3 is 1.61 bits per heavy atom. The fourth-order valence-electron chi connectivity index (χ4n) is 4.57. The van der Waals surface area contributed by atoms with Crippen molar-refractivity contribution in [3.63, 3.8) is 0 Å². The van der Waals surface area contributed by atoms with Crippen LogP contribution in [0.1, 0.15) is 93.8 Å². The van der Waals surface area contributed by atoms with E-state index in [1.807, 2.05) is 26.0 Å². The van der Waals surface area contributed by atoms with Crippen LogP contribution in [-0.4, -0.2) is 40.1 Å². The number of pyridine rings is 1. The van der Waals surface area contributed by atoms with Gasteiger partial charge in [0.15, 0.2) is 0 Å². The molecular weight excluding hydrogens is 418 g/mol. The Hall–Kier alpha value is -3.35. The van der Waals surface area contributed by atoms with E-state index in [-0.39, 0.29) is 17.9 Å². The van der Waals surface area contributed by atoms with Crippen molar-refractivity contribution in [2.75, 3.05) is 13.2 Å². The molecule has 3 aromatic rings. The summed E-state index contributed by atoms with van der Waals surface area (Å²) in [4.78, 5) is 36.3. The van der Waals surface area contributed by atoms with Gasteiger partial charge in [-0.1, -0.05) is 13.8 Å².